The maximum atomic E-state index is 14.2. The van der Waals surface area contributed by atoms with Crippen molar-refractivity contribution in [3.05, 3.63) is 59.2 Å². The van der Waals surface area contributed by atoms with Crippen molar-refractivity contribution in [2.75, 3.05) is 23.3 Å². The lowest BCUT2D eigenvalue weighted by molar-refractivity contribution is -0.116. The molecular formula is C19H20F2N2O. The smallest absolute Gasteiger partial charge is 0.226 e. The predicted octanol–water partition coefficient (Wildman–Crippen LogP) is 4.05. The minimum Gasteiger partial charge on any atom is -0.368 e. The van der Waals surface area contributed by atoms with E-state index in [-0.39, 0.29) is 23.8 Å². The number of anilines is 2. The van der Waals surface area contributed by atoms with Crippen LogP contribution in [0, 0.1) is 18.6 Å². The van der Waals surface area contributed by atoms with Crippen LogP contribution in [0.5, 0.6) is 0 Å². The van der Waals surface area contributed by atoms with Crippen LogP contribution in [-0.2, 0) is 11.2 Å². The van der Waals surface area contributed by atoms with Gasteiger partial charge in [-0.3, -0.25) is 4.79 Å². The fraction of sp³-hybridized carbons (Fsp3) is 0.316. The van der Waals surface area contributed by atoms with Crippen molar-refractivity contribution >= 4 is 17.3 Å². The van der Waals surface area contributed by atoms with Crippen molar-refractivity contribution < 1.29 is 13.6 Å². The minimum absolute atomic E-state index is 0.170. The van der Waals surface area contributed by atoms with Gasteiger partial charge in [-0.25, -0.2) is 8.78 Å². The van der Waals surface area contributed by atoms with E-state index in [2.05, 4.69) is 5.32 Å². The van der Waals surface area contributed by atoms with Gasteiger partial charge in [-0.15, -0.1) is 0 Å². The second-order valence-electron chi connectivity index (χ2n) is 6.06. The van der Waals surface area contributed by atoms with Crippen LogP contribution in [0.3, 0.4) is 0 Å². The van der Waals surface area contributed by atoms with E-state index in [0.29, 0.717) is 12.2 Å². The number of carbonyl (C=O) groups excluding carboxylic acids is 1. The molecule has 1 amide bonds. The Hall–Kier alpha value is -2.43. The highest BCUT2D eigenvalue weighted by molar-refractivity contribution is 5.91. The van der Waals surface area contributed by atoms with E-state index in [1.165, 1.54) is 18.2 Å². The fourth-order valence-corrected chi connectivity index (χ4v) is 3.16. The average Bonchev–Trinajstić information content (AvgIpc) is 2.58. The quantitative estimate of drug-likeness (QED) is 0.917. The van der Waals surface area contributed by atoms with E-state index < -0.39 is 5.82 Å². The third-order valence-electron chi connectivity index (χ3n) is 4.40. The molecule has 5 heteroatoms. The zero-order valence-electron chi connectivity index (χ0n) is 13.6. The SMILES string of the molecule is Cc1ccc(F)c2c1CCCN2CCC(=O)Nc1ccccc1F. The molecule has 126 valence electrons. The van der Waals surface area contributed by atoms with Crippen molar-refractivity contribution in [1.82, 2.24) is 0 Å². The normalized spacial score (nSPS) is 13.5. The van der Waals surface area contributed by atoms with Crippen molar-refractivity contribution in [2.45, 2.75) is 26.2 Å². The largest absolute Gasteiger partial charge is 0.368 e. The van der Waals surface area contributed by atoms with E-state index in [0.717, 1.165) is 30.5 Å². The number of nitrogens with zero attached hydrogens (tertiary/aromatic N) is 1. The number of halogens is 2. The van der Waals surface area contributed by atoms with E-state index in [1.807, 2.05) is 11.8 Å². The third-order valence-corrected chi connectivity index (χ3v) is 4.40. The number of nitrogens with one attached hydrogen (secondary N) is 1. The van der Waals surface area contributed by atoms with Crippen LogP contribution in [0.25, 0.3) is 0 Å². The number of fused-ring (bicyclic) bond motifs is 1. The molecule has 2 aromatic carbocycles. The molecule has 0 bridgehead atoms. The molecule has 3 rings (SSSR count). The number of para-hydroxylation sites is 1. The lowest BCUT2D eigenvalue weighted by atomic mass is 9.96. The number of carbonyl (C=O) groups is 1. The van der Waals surface area contributed by atoms with Gasteiger partial charge in [0.05, 0.1) is 11.4 Å². The van der Waals surface area contributed by atoms with Crippen LogP contribution in [0.15, 0.2) is 36.4 Å². The van der Waals surface area contributed by atoms with Crippen LogP contribution in [0.2, 0.25) is 0 Å². The molecule has 0 atom stereocenters. The Morgan fingerprint density at radius 1 is 1.17 bits per heavy atom. The molecular weight excluding hydrogens is 310 g/mol. The summed E-state index contributed by atoms with van der Waals surface area (Å²) >= 11 is 0. The first kappa shape index (κ1) is 16.4. The van der Waals surface area contributed by atoms with Gasteiger partial charge in [0, 0.05) is 19.5 Å². The molecule has 1 heterocycles. The Labute approximate surface area is 140 Å². The molecule has 3 nitrogen and oxygen atoms in total. The number of amides is 1. The Morgan fingerprint density at radius 3 is 2.75 bits per heavy atom. The number of rotatable bonds is 4. The van der Waals surface area contributed by atoms with Crippen molar-refractivity contribution in [3.8, 4) is 0 Å². The van der Waals surface area contributed by atoms with Crippen LogP contribution in [0.4, 0.5) is 20.2 Å². The van der Waals surface area contributed by atoms with Gasteiger partial charge in [0.15, 0.2) is 0 Å². The van der Waals surface area contributed by atoms with Gasteiger partial charge in [-0.1, -0.05) is 18.2 Å². The first-order valence-electron chi connectivity index (χ1n) is 8.13. The molecule has 0 aliphatic carbocycles. The number of hydrogen-bond acceptors (Lipinski definition) is 2. The Kier molecular flexibility index (Phi) is 4.79. The van der Waals surface area contributed by atoms with Gasteiger partial charge < -0.3 is 10.2 Å². The van der Waals surface area contributed by atoms with Crippen LogP contribution < -0.4 is 10.2 Å². The zero-order valence-corrected chi connectivity index (χ0v) is 13.6. The molecule has 1 N–H and O–H groups in total. The Morgan fingerprint density at radius 2 is 1.96 bits per heavy atom. The summed E-state index contributed by atoms with van der Waals surface area (Å²) in [6.07, 6.45) is 1.98. The third kappa shape index (κ3) is 3.40. The Bertz CT molecular complexity index is 761. The molecule has 0 saturated heterocycles. The van der Waals surface area contributed by atoms with Crippen molar-refractivity contribution in [3.63, 3.8) is 0 Å². The highest BCUT2D eigenvalue weighted by Gasteiger charge is 2.22. The van der Waals surface area contributed by atoms with Gasteiger partial charge in [0.1, 0.15) is 11.6 Å². The first-order chi connectivity index (χ1) is 11.6. The highest BCUT2D eigenvalue weighted by Crippen LogP contribution is 2.32. The molecule has 24 heavy (non-hydrogen) atoms. The predicted molar refractivity (Wildman–Crippen MR) is 91.3 cm³/mol. The molecule has 0 fully saturated rings. The van der Waals surface area contributed by atoms with Crippen LogP contribution in [0.1, 0.15) is 24.0 Å². The summed E-state index contributed by atoms with van der Waals surface area (Å²) in [6, 6.07) is 9.33. The lowest BCUT2D eigenvalue weighted by Crippen LogP contribution is -2.33. The molecule has 0 radical (unpaired) electrons. The average molecular weight is 330 g/mol. The minimum atomic E-state index is -0.462. The molecule has 0 aromatic heterocycles. The lowest BCUT2D eigenvalue weighted by Gasteiger charge is -2.32. The summed E-state index contributed by atoms with van der Waals surface area (Å²) in [5.74, 6) is -0.985. The molecule has 2 aromatic rings. The summed E-state index contributed by atoms with van der Waals surface area (Å²) in [5.41, 5.74) is 2.88. The molecule has 0 saturated carbocycles. The summed E-state index contributed by atoms with van der Waals surface area (Å²) in [5, 5.41) is 2.57. The van der Waals surface area contributed by atoms with E-state index in [4.69, 9.17) is 0 Å². The maximum absolute atomic E-state index is 14.2. The molecule has 1 aliphatic rings. The molecule has 0 spiro atoms. The van der Waals surface area contributed by atoms with Gasteiger partial charge in [0.25, 0.3) is 0 Å². The van der Waals surface area contributed by atoms with E-state index >= 15 is 0 Å². The van der Waals surface area contributed by atoms with Gasteiger partial charge in [-0.05, 0) is 49.1 Å². The zero-order chi connectivity index (χ0) is 17.1. The highest BCUT2D eigenvalue weighted by atomic mass is 19.1. The van der Waals surface area contributed by atoms with Gasteiger partial charge in [-0.2, -0.15) is 0 Å². The summed E-state index contributed by atoms with van der Waals surface area (Å²) in [6.45, 7) is 3.11. The number of hydrogen-bond donors (Lipinski definition) is 1. The van der Waals surface area contributed by atoms with E-state index in [9.17, 15) is 13.6 Å². The number of benzene rings is 2. The van der Waals surface area contributed by atoms with Crippen molar-refractivity contribution in [1.29, 1.82) is 0 Å². The van der Waals surface area contributed by atoms with E-state index in [1.54, 1.807) is 18.2 Å². The fourth-order valence-electron chi connectivity index (χ4n) is 3.16. The Balaban J connectivity index is 1.67. The maximum Gasteiger partial charge on any atom is 0.226 e. The van der Waals surface area contributed by atoms with Gasteiger partial charge in [0.2, 0.25) is 5.91 Å². The van der Waals surface area contributed by atoms with Gasteiger partial charge >= 0.3 is 0 Å². The number of aryl methyl sites for hydroxylation is 1. The first-order valence-corrected chi connectivity index (χ1v) is 8.13. The molecule has 0 unspecified atom stereocenters. The summed E-state index contributed by atoms with van der Waals surface area (Å²) in [4.78, 5) is 14.0. The summed E-state index contributed by atoms with van der Waals surface area (Å²) in [7, 11) is 0. The molecule has 1 aliphatic heterocycles. The monoisotopic (exact) mass is 330 g/mol. The topological polar surface area (TPSA) is 32.3 Å². The van der Waals surface area contributed by atoms with Crippen LogP contribution in [-0.4, -0.2) is 19.0 Å². The second-order valence-corrected chi connectivity index (χ2v) is 6.06. The van der Waals surface area contributed by atoms with Crippen molar-refractivity contribution in [2.24, 2.45) is 0 Å². The van der Waals surface area contributed by atoms with Crippen LogP contribution >= 0.6 is 0 Å². The standard InChI is InChI=1S/C19H20F2N2O/c1-13-8-9-16(21)19-14(13)5-4-11-23(19)12-10-18(24)22-17-7-3-2-6-15(17)20/h2-3,6-9H,4-5,10-12H2,1H3,(H,22,24). The summed E-state index contributed by atoms with van der Waals surface area (Å²) < 4.78 is 27.8. The second kappa shape index (κ2) is 6.99.